The average Bonchev–Trinajstić information content (AvgIpc) is 3.28. The van der Waals surface area contributed by atoms with Gasteiger partial charge >= 0.3 is 0 Å². The molecule has 2 N–H and O–H groups in total. The second kappa shape index (κ2) is 9.30. The first-order valence-corrected chi connectivity index (χ1v) is 11.8. The van der Waals surface area contributed by atoms with E-state index in [-0.39, 0.29) is 27.8 Å². The van der Waals surface area contributed by atoms with Crippen molar-refractivity contribution in [2.45, 2.75) is 11.4 Å². The molecule has 0 bridgehead atoms. The van der Waals surface area contributed by atoms with Crippen LogP contribution in [0, 0.1) is 5.82 Å². The fourth-order valence-corrected chi connectivity index (χ4v) is 4.67. The molecule has 33 heavy (non-hydrogen) atoms. The molecule has 0 aliphatic rings. The Morgan fingerprint density at radius 1 is 1.09 bits per heavy atom. The van der Waals surface area contributed by atoms with E-state index in [2.05, 4.69) is 20.0 Å². The third-order valence-corrected chi connectivity index (χ3v) is 6.62. The van der Waals surface area contributed by atoms with Crippen LogP contribution >= 0.6 is 11.3 Å². The lowest BCUT2D eigenvalue weighted by Crippen LogP contribution is -2.27. The summed E-state index contributed by atoms with van der Waals surface area (Å²) in [5.41, 5.74) is 0.175. The van der Waals surface area contributed by atoms with Crippen LogP contribution in [-0.4, -0.2) is 28.9 Å². The van der Waals surface area contributed by atoms with Gasteiger partial charge in [-0.05, 0) is 36.4 Å². The number of rotatable bonds is 7. The minimum Gasteiger partial charge on any atom is -0.325 e. The molecule has 0 fully saturated rings. The maximum absolute atomic E-state index is 13.9. The first-order valence-electron chi connectivity index (χ1n) is 9.45. The van der Waals surface area contributed by atoms with Gasteiger partial charge in [0.1, 0.15) is 12.4 Å². The van der Waals surface area contributed by atoms with Gasteiger partial charge in [0.2, 0.25) is 5.91 Å². The van der Waals surface area contributed by atoms with Gasteiger partial charge in [-0.15, -0.1) is 11.3 Å². The highest BCUT2D eigenvalue weighted by molar-refractivity contribution is 7.93. The van der Waals surface area contributed by atoms with Crippen LogP contribution in [0.3, 0.4) is 0 Å². The zero-order valence-electron chi connectivity index (χ0n) is 16.8. The van der Waals surface area contributed by atoms with Crippen LogP contribution < -0.4 is 15.6 Å². The molecule has 4 aromatic rings. The Labute approximate surface area is 191 Å². The number of halogens is 1. The normalized spacial score (nSPS) is 11.2. The fourth-order valence-electron chi connectivity index (χ4n) is 2.88. The zero-order valence-corrected chi connectivity index (χ0v) is 18.4. The molecule has 2 aromatic heterocycles. The molecule has 0 aliphatic heterocycles. The predicted molar refractivity (Wildman–Crippen MR) is 122 cm³/mol. The lowest BCUT2D eigenvalue weighted by atomic mass is 10.1. The number of thiazole rings is 1. The number of nitrogens with one attached hydrogen (secondary N) is 2. The number of benzene rings is 2. The maximum atomic E-state index is 13.9. The van der Waals surface area contributed by atoms with Gasteiger partial charge in [-0.2, -0.15) is 0 Å². The van der Waals surface area contributed by atoms with Gasteiger partial charge in [0.15, 0.2) is 5.13 Å². The molecule has 4 rings (SSSR count). The minimum atomic E-state index is -3.81. The molecule has 12 heteroatoms. The highest BCUT2D eigenvalue weighted by Gasteiger charge is 2.16. The van der Waals surface area contributed by atoms with Gasteiger partial charge in [0.05, 0.1) is 16.9 Å². The van der Waals surface area contributed by atoms with Crippen molar-refractivity contribution in [3.05, 3.63) is 88.7 Å². The number of carbonyl (C=O) groups excluding carboxylic acids is 1. The number of hydrogen-bond acceptors (Lipinski definition) is 7. The van der Waals surface area contributed by atoms with E-state index in [0.29, 0.717) is 5.69 Å². The van der Waals surface area contributed by atoms with Crippen molar-refractivity contribution in [2.24, 2.45) is 0 Å². The average molecular weight is 486 g/mol. The summed E-state index contributed by atoms with van der Waals surface area (Å²) in [6.45, 7) is -0.324. The van der Waals surface area contributed by atoms with Gasteiger partial charge in [0, 0.05) is 28.9 Å². The third kappa shape index (κ3) is 5.30. The molecule has 0 unspecified atom stereocenters. The van der Waals surface area contributed by atoms with Gasteiger partial charge in [-0.3, -0.25) is 18.9 Å². The van der Waals surface area contributed by atoms with Crippen LogP contribution in [0.5, 0.6) is 0 Å². The summed E-state index contributed by atoms with van der Waals surface area (Å²) < 4.78 is 42.1. The lowest BCUT2D eigenvalue weighted by molar-refractivity contribution is -0.116. The Morgan fingerprint density at radius 2 is 1.85 bits per heavy atom. The van der Waals surface area contributed by atoms with Crippen molar-refractivity contribution in [3.63, 3.8) is 0 Å². The van der Waals surface area contributed by atoms with Crippen LogP contribution in [0.4, 0.5) is 15.2 Å². The van der Waals surface area contributed by atoms with Crippen molar-refractivity contribution in [1.82, 2.24) is 14.5 Å². The topological polar surface area (TPSA) is 123 Å². The van der Waals surface area contributed by atoms with Crippen LogP contribution in [0.15, 0.2) is 82.2 Å². The SMILES string of the molecule is O=C(Cn1cnc(-c2ccccc2F)cc1=O)Nc1ccc(S(=O)(=O)Nc2nccs2)cc1. The van der Waals surface area contributed by atoms with E-state index in [1.54, 1.807) is 11.4 Å². The van der Waals surface area contributed by atoms with Gasteiger partial charge in [-0.1, -0.05) is 12.1 Å². The van der Waals surface area contributed by atoms with Gasteiger partial charge < -0.3 is 5.32 Å². The highest BCUT2D eigenvalue weighted by atomic mass is 32.2. The van der Waals surface area contributed by atoms with E-state index < -0.39 is 27.3 Å². The smallest absolute Gasteiger partial charge is 0.263 e. The summed E-state index contributed by atoms with van der Waals surface area (Å²) >= 11 is 1.15. The molecule has 0 radical (unpaired) electrons. The maximum Gasteiger partial charge on any atom is 0.263 e. The fraction of sp³-hybridized carbons (Fsp3) is 0.0476. The number of amides is 1. The molecule has 2 heterocycles. The Bertz CT molecular complexity index is 1450. The Balaban J connectivity index is 1.42. The molecule has 0 spiro atoms. The minimum absolute atomic E-state index is 0.000138. The number of carbonyl (C=O) groups is 1. The van der Waals surface area contributed by atoms with Crippen molar-refractivity contribution < 1.29 is 17.6 Å². The van der Waals surface area contributed by atoms with E-state index in [0.717, 1.165) is 22.0 Å². The number of aromatic nitrogens is 3. The van der Waals surface area contributed by atoms with Crippen LogP contribution in [0.25, 0.3) is 11.3 Å². The van der Waals surface area contributed by atoms with E-state index in [1.807, 2.05) is 0 Å². The monoisotopic (exact) mass is 485 g/mol. The third-order valence-electron chi connectivity index (χ3n) is 4.45. The first-order chi connectivity index (χ1) is 15.8. The van der Waals surface area contributed by atoms with E-state index in [4.69, 9.17) is 0 Å². The molecular formula is C21H16FN5O4S2. The Morgan fingerprint density at radius 3 is 2.52 bits per heavy atom. The van der Waals surface area contributed by atoms with Crippen molar-refractivity contribution >= 4 is 38.1 Å². The number of hydrogen-bond donors (Lipinski definition) is 2. The predicted octanol–water partition coefficient (Wildman–Crippen LogP) is 2.95. The van der Waals surface area contributed by atoms with Crippen molar-refractivity contribution in [1.29, 1.82) is 0 Å². The van der Waals surface area contributed by atoms with Crippen molar-refractivity contribution in [2.75, 3.05) is 10.0 Å². The van der Waals surface area contributed by atoms with E-state index in [1.165, 1.54) is 55.0 Å². The van der Waals surface area contributed by atoms with Crippen LogP contribution in [0.1, 0.15) is 0 Å². The van der Waals surface area contributed by atoms with E-state index in [9.17, 15) is 22.4 Å². The summed E-state index contributed by atoms with van der Waals surface area (Å²) in [5.74, 6) is -1.03. The molecule has 0 saturated heterocycles. The molecule has 9 nitrogen and oxygen atoms in total. The summed E-state index contributed by atoms with van der Waals surface area (Å²) in [6, 6.07) is 12.6. The standard InChI is InChI=1S/C21H16FN5O4S2/c22-17-4-2-1-3-16(17)18-11-20(29)27(13-24-18)12-19(28)25-14-5-7-15(8-6-14)33(30,31)26-21-23-9-10-32-21/h1-11,13H,12H2,(H,23,26)(H,25,28). The molecule has 2 aromatic carbocycles. The van der Waals surface area contributed by atoms with Crippen LogP contribution in [0.2, 0.25) is 0 Å². The Kier molecular flexibility index (Phi) is 6.29. The van der Waals surface area contributed by atoms with E-state index >= 15 is 0 Å². The second-order valence-corrected chi connectivity index (χ2v) is 9.31. The van der Waals surface area contributed by atoms with Gasteiger partial charge in [-0.25, -0.2) is 22.8 Å². The largest absolute Gasteiger partial charge is 0.325 e. The second-order valence-electron chi connectivity index (χ2n) is 6.74. The quantitative estimate of drug-likeness (QED) is 0.415. The van der Waals surface area contributed by atoms with Crippen molar-refractivity contribution in [3.8, 4) is 11.3 Å². The summed E-state index contributed by atoms with van der Waals surface area (Å²) in [4.78, 5) is 32.6. The lowest BCUT2D eigenvalue weighted by Gasteiger charge is -2.09. The summed E-state index contributed by atoms with van der Waals surface area (Å²) in [6.07, 6.45) is 2.65. The number of nitrogens with zero attached hydrogens (tertiary/aromatic N) is 3. The number of anilines is 2. The number of sulfonamides is 1. The zero-order chi connectivity index (χ0) is 23.4. The van der Waals surface area contributed by atoms with Crippen LogP contribution in [-0.2, 0) is 21.4 Å². The summed E-state index contributed by atoms with van der Waals surface area (Å²) in [5, 5.41) is 4.47. The molecule has 0 aliphatic carbocycles. The summed E-state index contributed by atoms with van der Waals surface area (Å²) in [7, 11) is -3.81. The van der Waals surface area contributed by atoms with Gasteiger partial charge in [0.25, 0.3) is 15.6 Å². The molecule has 0 atom stereocenters. The molecular weight excluding hydrogens is 469 g/mol. The highest BCUT2D eigenvalue weighted by Crippen LogP contribution is 2.20. The molecule has 168 valence electrons. The first kappa shape index (κ1) is 22.3. The molecule has 0 saturated carbocycles. The molecule has 1 amide bonds. The Hall–Kier alpha value is -3.90.